The molecule has 134 valence electrons. The summed E-state index contributed by atoms with van der Waals surface area (Å²) in [7, 11) is 0. The third-order valence-corrected chi connectivity index (χ3v) is 6.05. The van der Waals surface area contributed by atoms with Crippen molar-refractivity contribution in [2.75, 3.05) is 26.2 Å². The van der Waals surface area contributed by atoms with Gasteiger partial charge in [0.25, 0.3) is 0 Å². The number of benzene rings is 1. The molecule has 1 saturated heterocycles. The number of piperidine rings is 1. The molecule has 0 atom stereocenters. The number of fused-ring (bicyclic) bond motifs is 2. The first kappa shape index (κ1) is 16.7. The van der Waals surface area contributed by atoms with Crippen LogP contribution in [0.4, 0.5) is 4.39 Å². The number of halogens is 1. The molecule has 2 aromatic rings. The van der Waals surface area contributed by atoms with E-state index in [1.165, 1.54) is 17.1 Å². The second kappa shape index (κ2) is 6.54. The van der Waals surface area contributed by atoms with E-state index in [0.717, 1.165) is 52.1 Å². The van der Waals surface area contributed by atoms with Crippen LogP contribution in [0.3, 0.4) is 0 Å². The summed E-state index contributed by atoms with van der Waals surface area (Å²) < 4.78 is 15.5. The molecule has 0 saturated carbocycles. The van der Waals surface area contributed by atoms with Crippen LogP contribution in [0.1, 0.15) is 36.8 Å². The lowest BCUT2D eigenvalue weighted by Gasteiger charge is -2.50. The Morgan fingerprint density at radius 2 is 1.80 bits per heavy atom. The minimum atomic E-state index is -0.163. The molecular formula is C20H27FN4. The Morgan fingerprint density at radius 1 is 1.08 bits per heavy atom. The number of likely N-dealkylation sites (N-methyl/N-ethyl adjacent to an activating group) is 1. The summed E-state index contributed by atoms with van der Waals surface area (Å²) in [6.45, 7) is 10.7. The molecule has 1 aromatic carbocycles. The van der Waals surface area contributed by atoms with Gasteiger partial charge < -0.3 is 4.57 Å². The summed E-state index contributed by atoms with van der Waals surface area (Å²) >= 11 is 0. The minimum Gasteiger partial charge on any atom is -0.329 e. The van der Waals surface area contributed by atoms with E-state index in [9.17, 15) is 4.39 Å². The van der Waals surface area contributed by atoms with Crippen LogP contribution in [0.25, 0.3) is 0 Å². The Kier molecular flexibility index (Phi) is 4.38. The predicted octanol–water partition coefficient (Wildman–Crippen LogP) is 3.16. The van der Waals surface area contributed by atoms with Crippen molar-refractivity contribution in [3.63, 3.8) is 0 Å². The molecule has 1 fully saturated rings. The summed E-state index contributed by atoms with van der Waals surface area (Å²) in [5.41, 5.74) is 2.55. The maximum absolute atomic E-state index is 13.1. The fourth-order valence-electron chi connectivity index (χ4n) is 4.62. The topological polar surface area (TPSA) is 24.3 Å². The van der Waals surface area contributed by atoms with E-state index >= 15 is 0 Å². The highest BCUT2D eigenvalue weighted by molar-refractivity contribution is 5.19. The van der Waals surface area contributed by atoms with Gasteiger partial charge in [-0.2, -0.15) is 0 Å². The van der Waals surface area contributed by atoms with Gasteiger partial charge in [-0.3, -0.25) is 9.80 Å². The SMILES string of the molecule is CCN1CCn2c(C)cnc2C12CCN(Cc1ccc(F)cc1)CC2. The first-order chi connectivity index (χ1) is 12.1. The van der Waals surface area contributed by atoms with Crippen LogP contribution in [-0.2, 0) is 18.6 Å². The maximum Gasteiger partial charge on any atom is 0.129 e. The lowest BCUT2D eigenvalue weighted by Crippen LogP contribution is -2.57. The Bertz CT molecular complexity index is 729. The van der Waals surface area contributed by atoms with E-state index in [4.69, 9.17) is 4.98 Å². The maximum atomic E-state index is 13.1. The Labute approximate surface area is 149 Å². The average Bonchev–Trinajstić information content (AvgIpc) is 3.01. The van der Waals surface area contributed by atoms with Gasteiger partial charge >= 0.3 is 0 Å². The van der Waals surface area contributed by atoms with Crippen LogP contribution in [0.2, 0.25) is 0 Å². The van der Waals surface area contributed by atoms with Crippen molar-refractivity contribution < 1.29 is 4.39 Å². The lowest BCUT2D eigenvalue weighted by molar-refractivity contribution is -0.00834. The first-order valence-electron chi connectivity index (χ1n) is 9.37. The highest BCUT2D eigenvalue weighted by atomic mass is 19.1. The van der Waals surface area contributed by atoms with Crippen LogP contribution in [-0.4, -0.2) is 45.5 Å². The van der Waals surface area contributed by atoms with Gasteiger partial charge in [0.2, 0.25) is 0 Å². The molecule has 1 aromatic heterocycles. The summed E-state index contributed by atoms with van der Waals surface area (Å²) in [4.78, 5) is 9.93. The molecule has 0 bridgehead atoms. The second-order valence-electron chi connectivity index (χ2n) is 7.39. The Balaban J connectivity index is 1.52. The summed E-state index contributed by atoms with van der Waals surface area (Å²) in [6.07, 6.45) is 4.25. The zero-order valence-corrected chi connectivity index (χ0v) is 15.2. The van der Waals surface area contributed by atoms with Gasteiger partial charge in [0.1, 0.15) is 11.6 Å². The van der Waals surface area contributed by atoms with Crippen LogP contribution in [0.5, 0.6) is 0 Å². The van der Waals surface area contributed by atoms with Crippen LogP contribution >= 0.6 is 0 Å². The molecule has 0 aliphatic carbocycles. The van der Waals surface area contributed by atoms with E-state index in [-0.39, 0.29) is 11.4 Å². The molecular weight excluding hydrogens is 315 g/mol. The van der Waals surface area contributed by atoms with Gasteiger partial charge in [-0.25, -0.2) is 9.37 Å². The van der Waals surface area contributed by atoms with Crippen LogP contribution in [0, 0.1) is 12.7 Å². The van der Waals surface area contributed by atoms with Crippen LogP contribution < -0.4 is 0 Å². The smallest absolute Gasteiger partial charge is 0.129 e. The number of rotatable bonds is 3. The van der Waals surface area contributed by atoms with Gasteiger partial charge in [0, 0.05) is 44.6 Å². The number of hydrogen-bond donors (Lipinski definition) is 0. The number of imidazole rings is 1. The molecule has 5 heteroatoms. The summed E-state index contributed by atoms with van der Waals surface area (Å²) in [5.74, 6) is 1.10. The van der Waals surface area contributed by atoms with E-state index in [2.05, 4.69) is 28.2 Å². The number of hydrogen-bond acceptors (Lipinski definition) is 3. The molecule has 3 heterocycles. The van der Waals surface area contributed by atoms with E-state index in [1.54, 1.807) is 12.1 Å². The van der Waals surface area contributed by atoms with E-state index in [1.807, 2.05) is 18.3 Å². The van der Waals surface area contributed by atoms with Crippen molar-refractivity contribution in [3.8, 4) is 0 Å². The number of nitrogens with zero attached hydrogens (tertiary/aromatic N) is 4. The molecule has 4 rings (SSSR count). The predicted molar refractivity (Wildman–Crippen MR) is 96.8 cm³/mol. The van der Waals surface area contributed by atoms with Crippen molar-refractivity contribution in [1.82, 2.24) is 19.4 Å². The lowest BCUT2D eigenvalue weighted by atomic mass is 9.83. The zero-order valence-electron chi connectivity index (χ0n) is 15.2. The van der Waals surface area contributed by atoms with Gasteiger partial charge in [-0.1, -0.05) is 19.1 Å². The van der Waals surface area contributed by atoms with Crippen molar-refractivity contribution >= 4 is 0 Å². The molecule has 0 N–H and O–H groups in total. The molecule has 4 nitrogen and oxygen atoms in total. The fraction of sp³-hybridized carbons (Fsp3) is 0.550. The highest BCUT2D eigenvalue weighted by Crippen LogP contribution is 2.41. The Hall–Kier alpha value is -1.72. The number of aryl methyl sites for hydroxylation is 1. The highest BCUT2D eigenvalue weighted by Gasteiger charge is 2.46. The summed E-state index contributed by atoms with van der Waals surface area (Å²) in [5, 5.41) is 0. The molecule has 2 aliphatic heterocycles. The molecule has 0 radical (unpaired) electrons. The van der Waals surface area contributed by atoms with Gasteiger partial charge in [-0.15, -0.1) is 0 Å². The van der Waals surface area contributed by atoms with Crippen molar-refractivity contribution in [1.29, 1.82) is 0 Å². The van der Waals surface area contributed by atoms with Crippen LogP contribution in [0.15, 0.2) is 30.5 Å². The second-order valence-corrected chi connectivity index (χ2v) is 7.39. The average molecular weight is 342 g/mol. The van der Waals surface area contributed by atoms with E-state index in [0.29, 0.717) is 0 Å². The molecule has 0 amide bonds. The van der Waals surface area contributed by atoms with Gasteiger partial charge in [-0.05, 0) is 44.0 Å². The van der Waals surface area contributed by atoms with Crippen molar-refractivity contribution in [2.24, 2.45) is 0 Å². The normalized spacial score (nSPS) is 20.8. The van der Waals surface area contributed by atoms with Gasteiger partial charge in [0.05, 0.1) is 5.54 Å². The standard InChI is InChI=1S/C20H27FN4/c1-3-24-12-13-25-16(2)14-22-19(25)20(24)8-10-23(11-9-20)15-17-4-6-18(21)7-5-17/h4-7,14H,3,8-13,15H2,1-2H3. The minimum absolute atomic E-state index is 0.0839. The third kappa shape index (κ3) is 2.89. The fourth-order valence-corrected chi connectivity index (χ4v) is 4.62. The molecule has 0 unspecified atom stereocenters. The largest absolute Gasteiger partial charge is 0.329 e. The van der Waals surface area contributed by atoms with E-state index < -0.39 is 0 Å². The first-order valence-corrected chi connectivity index (χ1v) is 9.37. The molecule has 25 heavy (non-hydrogen) atoms. The summed E-state index contributed by atoms with van der Waals surface area (Å²) in [6, 6.07) is 6.91. The molecule has 2 aliphatic rings. The monoisotopic (exact) mass is 342 g/mol. The zero-order chi connectivity index (χ0) is 17.4. The number of aromatic nitrogens is 2. The third-order valence-electron chi connectivity index (χ3n) is 6.05. The quantitative estimate of drug-likeness (QED) is 0.856. The Morgan fingerprint density at radius 3 is 2.48 bits per heavy atom. The van der Waals surface area contributed by atoms with Crippen molar-refractivity contribution in [2.45, 2.75) is 45.3 Å². The molecule has 1 spiro atoms. The number of likely N-dealkylation sites (tertiary alicyclic amines) is 1. The van der Waals surface area contributed by atoms with Gasteiger partial charge in [0.15, 0.2) is 0 Å². The van der Waals surface area contributed by atoms with Crippen molar-refractivity contribution in [3.05, 3.63) is 53.4 Å².